The molecule has 0 radical (unpaired) electrons. The third-order valence-electron chi connectivity index (χ3n) is 3.75. The van der Waals surface area contributed by atoms with E-state index in [0.29, 0.717) is 12.5 Å². The van der Waals surface area contributed by atoms with Gasteiger partial charge in [-0.15, -0.1) is 0 Å². The van der Waals surface area contributed by atoms with E-state index >= 15 is 0 Å². The van der Waals surface area contributed by atoms with Gasteiger partial charge in [0.25, 0.3) is 0 Å². The van der Waals surface area contributed by atoms with Crippen molar-refractivity contribution in [2.24, 2.45) is 11.7 Å². The van der Waals surface area contributed by atoms with Crippen LogP contribution in [0.4, 0.5) is 0 Å². The van der Waals surface area contributed by atoms with E-state index < -0.39 is 0 Å². The fourth-order valence-corrected chi connectivity index (χ4v) is 2.64. The zero-order chi connectivity index (χ0) is 14.2. The van der Waals surface area contributed by atoms with E-state index in [0.717, 1.165) is 37.7 Å². The van der Waals surface area contributed by atoms with Crippen molar-refractivity contribution in [1.82, 2.24) is 4.90 Å². The summed E-state index contributed by atoms with van der Waals surface area (Å²) in [6.07, 6.45) is 2.53. The fourth-order valence-electron chi connectivity index (χ4n) is 2.64. The Kier molecular flexibility index (Phi) is 6.15. The number of benzene rings is 1. The molecule has 2 N–H and O–H groups in total. The van der Waals surface area contributed by atoms with Gasteiger partial charge in [0, 0.05) is 13.1 Å². The lowest BCUT2D eigenvalue weighted by Crippen LogP contribution is -2.40. The van der Waals surface area contributed by atoms with E-state index in [1.165, 1.54) is 19.4 Å². The Morgan fingerprint density at radius 3 is 2.55 bits per heavy atom. The largest absolute Gasteiger partial charge is 0.494 e. The molecule has 0 bridgehead atoms. The molecule has 0 aliphatic carbocycles. The second kappa shape index (κ2) is 8.12. The van der Waals surface area contributed by atoms with E-state index in [1.807, 2.05) is 31.2 Å². The van der Waals surface area contributed by atoms with Crippen LogP contribution in [-0.2, 0) is 0 Å². The molecule has 4 nitrogen and oxygen atoms in total. The minimum absolute atomic E-state index is 0.661. The van der Waals surface area contributed by atoms with E-state index in [-0.39, 0.29) is 0 Å². The highest BCUT2D eigenvalue weighted by molar-refractivity contribution is 5.31. The summed E-state index contributed by atoms with van der Waals surface area (Å²) in [5.41, 5.74) is 5.75. The zero-order valence-corrected chi connectivity index (χ0v) is 12.4. The van der Waals surface area contributed by atoms with Gasteiger partial charge in [-0.2, -0.15) is 0 Å². The Morgan fingerprint density at radius 2 is 1.90 bits per heavy atom. The van der Waals surface area contributed by atoms with Crippen molar-refractivity contribution in [2.75, 3.05) is 39.4 Å². The van der Waals surface area contributed by atoms with Crippen molar-refractivity contribution in [2.45, 2.75) is 19.8 Å². The molecule has 1 saturated heterocycles. The van der Waals surface area contributed by atoms with Crippen LogP contribution in [0.1, 0.15) is 19.8 Å². The average Bonchev–Trinajstić information content (AvgIpc) is 2.50. The Bertz CT molecular complexity index is 381. The topological polar surface area (TPSA) is 47.7 Å². The molecule has 1 aromatic carbocycles. The number of likely N-dealkylation sites (tertiary alicyclic amines) is 1. The quantitative estimate of drug-likeness (QED) is 0.830. The number of hydrogen-bond acceptors (Lipinski definition) is 4. The maximum absolute atomic E-state index is 5.78. The third kappa shape index (κ3) is 4.69. The first-order valence-electron chi connectivity index (χ1n) is 7.60. The van der Waals surface area contributed by atoms with Crippen molar-refractivity contribution in [3.63, 3.8) is 0 Å². The molecule has 2 rings (SSSR count). The monoisotopic (exact) mass is 278 g/mol. The van der Waals surface area contributed by atoms with Crippen LogP contribution in [0.5, 0.6) is 11.5 Å². The Labute approximate surface area is 121 Å². The van der Waals surface area contributed by atoms with Crippen LogP contribution >= 0.6 is 0 Å². The van der Waals surface area contributed by atoms with E-state index in [2.05, 4.69) is 4.90 Å². The smallest absolute Gasteiger partial charge is 0.119 e. The zero-order valence-electron chi connectivity index (χ0n) is 12.4. The molecular weight excluding hydrogens is 252 g/mol. The van der Waals surface area contributed by atoms with Crippen LogP contribution < -0.4 is 15.2 Å². The highest BCUT2D eigenvalue weighted by Crippen LogP contribution is 2.18. The molecule has 1 fully saturated rings. The lowest BCUT2D eigenvalue weighted by atomic mass is 9.98. The summed E-state index contributed by atoms with van der Waals surface area (Å²) in [5.74, 6) is 2.46. The summed E-state index contributed by atoms with van der Waals surface area (Å²) in [6.45, 7) is 7.46. The first-order valence-corrected chi connectivity index (χ1v) is 7.60. The standard InChI is InChI=1S/C16H26N2O2/c1-2-19-15-5-7-16(8-6-15)20-11-10-18-9-3-4-14(12-17)13-18/h5-8,14H,2-4,9-13,17H2,1H3. The molecule has 4 heteroatoms. The molecule has 0 saturated carbocycles. The predicted molar refractivity (Wildman–Crippen MR) is 81.3 cm³/mol. The van der Waals surface area contributed by atoms with Gasteiger partial charge in [0.2, 0.25) is 0 Å². The molecule has 1 heterocycles. The minimum Gasteiger partial charge on any atom is -0.494 e. The number of nitrogens with zero attached hydrogens (tertiary/aromatic N) is 1. The molecule has 1 aliphatic rings. The van der Waals surface area contributed by atoms with Crippen molar-refractivity contribution < 1.29 is 9.47 Å². The molecule has 1 aliphatic heterocycles. The normalized spacial score (nSPS) is 19.8. The van der Waals surface area contributed by atoms with Gasteiger partial charge in [0.1, 0.15) is 18.1 Å². The molecule has 0 amide bonds. The summed E-state index contributed by atoms with van der Waals surface area (Å²) in [7, 11) is 0. The lowest BCUT2D eigenvalue weighted by molar-refractivity contribution is 0.149. The van der Waals surface area contributed by atoms with Gasteiger partial charge in [0.15, 0.2) is 0 Å². The highest BCUT2D eigenvalue weighted by atomic mass is 16.5. The summed E-state index contributed by atoms with van der Waals surface area (Å²) in [6, 6.07) is 7.82. The second-order valence-electron chi connectivity index (χ2n) is 5.30. The van der Waals surface area contributed by atoms with Crippen LogP contribution in [0.25, 0.3) is 0 Å². The Hall–Kier alpha value is -1.26. The molecular formula is C16H26N2O2. The third-order valence-corrected chi connectivity index (χ3v) is 3.75. The molecule has 20 heavy (non-hydrogen) atoms. The van der Waals surface area contributed by atoms with Crippen LogP contribution in [0.15, 0.2) is 24.3 Å². The predicted octanol–water partition coefficient (Wildman–Crippen LogP) is 2.13. The number of ether oxygens (including phenoxy) is 2. The molecule has 1 atom stereocenters. The maximum Gasteiger partial charge on any atom is 0.119 e. The first-order chi connectivity index (χ1) is 9.81. The average molecular weight is 278 g/mol. The Balaban J connectivity index is 1.69. The molecule has 1 aromatic rings. The summed E-state index contributed by atoms with van der Waals surface area (Å²) >= 11 is 0. The van der Waals surface area contributed by atoms with Crippen LogP contribution in [0.3, 0.4) is 0 Å². The number of piperidine rings is 1. The lowest BCUT2D eigenvalue weighted by Gasteiger charge is -2.31. The van der Waals surface area contributed by atoms with Gasteiger partial charge in [0.05, 0.1) is 6.61 Å². The summed E-state index contributed by atoms with van der Waals surface area (Å²) in [5, 5.41) is 0. The van der Waals surface area contributed by atoms with E-state index in [1.54, 1.807) is 0 Å². The van der Waals surface area contributed by atoms with Gasteiger partial charge < -0.3 is 15.2 Å². The van der Waals surface area contributed by atoms with Crippen LogP contribution in [0, 0.1) is 5.92 Å². The SMILES string of the molecule is CCOc1ccc(OCCN2CCCC(CN)C2)cc1. The number of hydrogen-bond donors (Lipinski definition) is 1. The van der Waals surface area contributed by atoms with Crippen molar-refractivity contribution in [3.8, 4) is 11.5 Å². The van der Waals surface area contributed by atoms with Crippen LogP contribution in [-0.4, -0.2) is 44.3 Å². The first kappa shape index (κ1) is 15.1. The second-order valence-corrected chi connectivity index (χ2v) is 5.30. The fraction of sp³-hybridized carbons (Fsp3) is 0.625. The van der Waals surface area contributed by atoms with Crippen molar-refractivity contribution in [3.05, 3.63) is 24.3 Å². The Morgan fingerprint density at radius 1 is 1.20 bits per heavy atom. The molecule has 112 valence electrons. The van der Waals surface area contributed by atoms with Crippen molar-refractivity contribution >= 4 is 0 Å². The van der Waals surface area contributed by atoms with Gasteiger partial charge >= 0.3 is 0 Å². The number of nitrogens with two attached hydrogens (primary N) is 1. The number of rotatable bonds is 7. The van der Waals surface area contributed by atoms with Gasteiger partial charge in [-0.1, -0.05) is 0 Å². The minimum atomic E-state index is 0.661. The van der Waals surface area contributed by atoms with Crippen LogP contribution in [0.2, 0.25) is 0 Å². The summed E-state index contributed by atoms with van der Waals surface area (Å²) < 4.78 is 11.2. The van der Waals surface area contributed by atoms with Gasteiger partial charge in [-0.05, 0) is 63.0 Å². The summed E-state index contributed by atoms with van der Waals surface area (Å²) in [4.78, 5) is 2.45. The van der Waals surface area contributed by atoms with E-state index in [9.17, 15) is 0 Å². The van der Waals surface area contributed by atoms with Gasteiger partial charge in [-0.3, -0.25) is 4.90 Å². The highest BCUT2D eigenvalue weighted by Gasteiger charge is 2.18. The molecule has 1 unspecified atom stereocenters. The molecule has 0 spiro atoms. The van der Waals surface area contributed by atoms with Gasteiger partial charge in [-0.25, -0.2) is 0 Å². The molecule has 0 aromatic heterocycles. The van der Waals surface area contributed by atoms with E-state index in [4.69, 9.17) is 15.2 Å². The maximum atomic E-state index is 5.78. The van der Waals surface area contributed by atoms with Crippen molar-refractivity contribution in [1.29, 1.82) is 0 Å².